The third-order valence-corrected chi connectivity index (χ3v) is 8.92. The summed E-state index contributed by atoms with van der Waals surface area (Å²) in [6.07, 6.45) is 20.9. The fraction of sp³-hybridized carbons (Fsp3) is 0.963. The Morgan fingerprint density at radius 3 is 2.14 bits per heavy atom. The Kier molecular flexibility index (Phi) is 9.38. The van der Waals surface area contributed by atoms with E-state index < -0.39 is 0 Å². The highest BCUT2D eigenvalue weighted by Gasteiger charge is 2.37. The van der Waals surface area contributed by atoms with Crippen LogP contribution in [0.5, 0.6) is 0 Å². The second kappa shape index (κ2) is 11.8. The van der Waals surface area contributed by atoms with Crippen LogP contribution < -0.4 is 0 Å². The van der Waals surface area contributed by atoms with Gasteiger partial charge in [0.05, 0.1) is 5.92 Å². The van der Waals surface area contributed by atoms with Crippen molar-refractivity contribution in [3.63, 3.8) is 0 Å². The molecule has 0 aliphatic heterocycles. The molecule has 0 N–H and O–H groups in total. The van der Waals surface area contributed by atoms with E-state index in [9.17, 15) is 4.79 Å². The molecule has 0 bridgehead atoms. The second-order valence-electron chi connectivity index (χ2n) is 10.9. The first-order chi connectivity index (χ1) is 14.1. The van der Waals surface area contributed by atoms with Gasteiger partial charge >= 0.3 is 5.97 Å². The zero-order valence-electron chi connectivity index (χ0n) is 19.7. The molecule has 0 amide bonds. The number of hydrogen-bond donors (Lipinski definition) is 0. The summed E-state index contributed by atoms with van der Waals surface area (Å²) in [6.45, 7) is 7.11. The highest BCUT2D eigenvalue weighted by atomic mass is 16.5. The number of carbonyl (C=O) groups is 1. The van der Waals surface area contributed by atoms with Gasteiger partial charge in [-0.3, -0.25) is 4.79 Å². The van der Waals surface area contributed by atoms with E-state index in [-0.39, 0.29) is 18.0 Å². The van der Waals surface area contributed by atoms with Crippen LogP contribution in [-0.2, 0) is 9.53 Å². The molecule has 29 heavy (non-hydrogen) atoms. The van der Waals surface area contributed by atoms with Crippen molar-refractivity contribution in [2.75, 3.05) is 0 Å². The van der Waals surface area contributed by atoms with Crippen LogP contribution in [0, 0.1) is 35.5 Å². The van der Waals surface area contributed by atoms with Gasteiger partial charge in [0, 0.05) is 0 Å². The largest absolute Gasteiger partial charge is 0.462 e. The fourth-order valence-electron chi connectivity index (χ4n) is 6.88. The lowest BCUT2D eigenvalue weighted by molar-refractivity contribution is -0.157. The summed E-state index contributed by atoms with van der Waals surface area (Å²) in [7, 11) is 0. The first-order valence-corrected chi connectivity index (χ1v) is 13.3. The molecule has 0 aromatic carbocycles. The van der Waals surface area contributed by atoms with Crippen LogP contribution in [0.2, 0.25) is 0 Å². The van der Waals surface area contributed by atoms with Gasteiger partial charge in [0.2, 0.25) is 0 Å². The van der Waals surface area contributed by atoms with E-state index in [0.29, 0.717) is 0 Å². The summed E-state index contributed by atoms with van der Waals surface area (Å²) in [4.78, 5) is 12.7. The Morgan fingerprint density at radius 2 is 1.52 bits per heavy atom. The molecule has 0 aromatic heterocycles. The average Bonchev–Trinajstić information content (AvgIpc) is 2.75. The molecule has 0 aromatic rings. The first-order valence-electron chi connectivity index (χ1n) is 13.3. The quantitative estimate of drug-likeness (QED) is 0.303. The number of hydrogen-bond acceptors (Lipinski definition) is 2. The van der Waals surface area contributed by atoms with E-state index in [1.807, 2.05) is 0 Å². The zero-order chi connectivity index (χ0) is 20.6. The number of carbonyl (C=O) groups excluding carboxylic acids is 1. The summed E-state index contributed by atoms with van der Waals surface area (Å²) in [5, 5.41) is 0. The van der Waals surface area contributed by atoms with Gasteiger partial charge in [0.15, 0.2) is 0 Å². The zero-order valence-corrected chi connectivity index (χ0v) is 19.7. The third-order valence-electron chi connectivity index (χ3n) is 8.92. The standard InChI is InChI=1S/C27H48O2/c1-4-6-7-8-22-11-18-26(20(3)19-22)23-12-14-24(15-13-23)27(28)29-25-16-9-21(5-2)10-17-25/h20-26H,4-19H2,1-3H3/t20?,21-,22?,23-,24-,25-,26?. The van der Waals surface area contributed by atoms with Gasteiger partial charge in [-0.15, -0.1) is 0 Å². The normalized spacial score (nSPS) is 38.5. The van der Waals surface area contributed by atoms with Crippen molar-refractivity contribution >= 4 is 5.97 Å². The molecular weight excluding hydrogens is 356 g/mol. The lowest BCUT2D eigenvalue weighted by Gasteiger charge is -2.41. The third kappa shape index (κ3) is 6.73. The van der Waals surface area contributed by atoms with Gasteiger partial charge < -0.3 is 4.74 Å². The highest BCUT2D eigenvalue weighted by molar-refractivity contribution is 5.72. The molecule has 3 fully saturated rings. The topological polar surface area (TPSA) is 26.3 Å². The second-order valence-corrected chi connectivity index (χ2v) is 10.9. The van der Waals surface area contributed by atoms with Crippen LogP contribution in [0.3, 0.4) is 0 Å². The van der Waals surface area contributed by atoms with Gasteiger partial charge in [-0.2, -0.15) is 0 Å². The molecule has 0 saturated heterocycles. The molecule has 3 rings (SSSR count). The Balaban J connectivity index is 1.36. The van der Waals surface area contributed by atoms with Crippen molar-refractivity contribution in [1.29, 1.82) is 0 Å². The van der Waals surface area contributed by atoms with Gasteiger partial charge in [-0.25, -0.2) is 0 Å². The summed E-state index contributed by atoms with van der Waals surface area (Å²) in [6, 6.07) is 0. The van der Waals surface area contributed by atoms with E-state index in [4.69, 9.17) is 4.74 Å². The maximum atomic E-state index is 12.7. The van der Waals surface area contributed by atoms with Crippen LogP contribution >= 0.6 is 0 Å². The molecule has 0 spiro atoms. The SMILES string of the molecule is CCCCCC1CCC([C@H]2CC[C@H](C(=O)O[C@H]3CC[C@H](CC)CC3)CC2)C(C)C1. The van der Waals surface area contributed by atoms with Gasteiger partial charge in [0.25, 0.3) is 0 Å². The van der Waals surface area contributed by atoms with Gasteiger partial charge in [-0.1, -0.05) is 59.3 Å². The summed E-state index contributed by atoms with van der Waals surface area (Å²) < 4.78 is 5.95. The van der Waals surface area contributed by atoms with E-state index in [1.54, 1.807) is 0 Å². The smallest absolute Gasteiger partial charge is 0.309 e. The number of unbranched alkanes of at least 4 members (excludes halogenated alkanes) is 2. The Bertz CT molecular complexity index is 471. The average molecular weight is 405 g/mol. The van der Waals surface area contributed by atoms with Crippen molar-refractivity contribution in [2.45, 2.75) is 130 Å². The molecule has 2 heteroatoms. The van der Waals surface area contributed by atoms with Gasteiger partial charge in [0.1, 0.15) is 6.10 Å². The molecule has 3 aliphatic rings. The summed E-state index contributed by atoms with van der Waals surface area (Å²) in [5.74, 6) is 4.85. The minimum absolute atomic E-state index is 0.135. The van der Waals surface area contributed by atoms with Crippen LogP contribution in [-0.4, -0.2) is 12.1 Å². The summed E-state index contributed by atoms with van der Waals surface area (Å²) in [5.41, 5.74) is 0. The van der Waals surface area contributed by atoms with Crippen molar-refractivity contribution in [3.8, 4) is 0 Å². The Labute approximate surface area is 180 Å². The summed E-state index contributed by atoms with van der Waals surface area (Å²) >= 11 is 0. The van der Waals surface area contributed by atoms with Crippen molar-refractivity contribution in [1.82, 2.24) is 0 Å². The number of ether oxygens (including phenoxy) is 1. The molecule has 3 saturated carbocycles. The Morgan fingerprint density at radius 1 is 0.828 bits per heavy atom. The van der Waals surface area contributed by atoms with E-state index in [0.717, 1.165) is 55.3 Å². The van der Waals surface area contributed by atoms with E-state index in [2.05, 4.69) is 20.8 Å². The maximum Gasteiger partial charge on any atom is 0.309 e. The van der Waals surface area contributed by atoms with Crippen LogP contribution in [0.1, 0.15) is 124 Å². The van der Waals surface area contributed by atoms with Crippen LogP contribution in [0.4, 0.5) is 0 Å². The lowest BCUT2D eigenvalue weighted by Crippen LogP contribution is -2.34. The first kappa shape index (κ1) is 23.1. The molecular formula is C27H48O2. The van der Waals surface area contributed by atoms with Gasteiger partial charge in [-0.05, 0) is 93.8 Å². The van der Waals surface area contributed by atoms with Crippen LogP contribution in [0.25, 0.3) is 0 Å². The highest BCUT2D eigenvalue weighted by Crippen LogP contribution is 2.45. The molecule has 0 heterocycles. The Hall–Kier alpha value is -0.530. The fourth-order valence-corrected chi connectivity index (χ4v) is 6.88. The number of esters is 1. The molecule has 2 nitrogen and oxygen atoms in total. The molecule has 3 aliphatic carbocycles. The van der Waals surface area contributed by atoms with Crippen molar-refractivity contribution in [3.05, 3.63) is 0 Å². The van der Waals surface area contributed by atoms with Crippen molar-refractivity contribution in [2.24, 2.45) is 35.5 Å². The monoisotopic (exact) mass is 404 g/mol. The number of rotatable bonds is 8. The maximum absolute atomic E-state index is 12.7. The molecule has 3 atom stereocenters. The predicted molar refractivity (Wildman–Crippen MR) is 122 cm³/mol. The predicted octanol–water partition coefficient (Wildman–Crippen LogP) is 7.94. The van der Waals surface area contributed by atoms with E-state index >= 15 is 0 Å². The van der Waals surface area contributed by atoms with E-state index in [1.165, 1.54) is 77.0 Å². The molecule has 0 radical (unpaired) electrons. The lowest BCUT2D eigenvalue weighted by atomic mass is 9.64. The van der Waals surface area contributed by atoms with Crippen LogP contribution in [0.15, 0.2) is 0 Å². The minimum Gasteiger partial charge on any atom is -0.462 e. The molecule has 168 valence electrons. The molecule has 3 unspecified atom stereocenters. The minimum atomic E-state index is 0.135. The van der Waals surface area contributed by atoms with Crippen molar-refractivity contribution < 1.29 is 9.53 Å².